The van der Waals surface area contributed by atoms with E-state index in [0.29, 0.717) is 33.8 Å². The number of benzene rings is 1. The van der Waals surface area contributed by atoms with Crippen LogP contribution in [0.25, 0.3) is 17.4 Å². The Hall–Kier alpha value is -2.11. The van der Waals surface area contributed by atoms with Gasteiger partial charge in [0.05, 0.1) is 0 Å². The van der Waals surface area contributed by atoms with Gasteiger partial charge in [0, 0.05) is 22.7 Å². The first-order valence-electron chi connectivity index (χ1n) is 10.7. The minimum Gasteiger partial charge on any atom is -0.457 e. The van der Waals surface area contributed by atoms with E-state index >= 15 is 0 Å². The second-order valence-electron chi connectivity index (χ2n) is 8.96. The lowest BCUT2D eigenvalue weighted by Gasteiger charge is -2.54. The molecule has 1 amide bonds. The van der Waals surface area contributed by atoms with Gasteiger partial charge in [-0.25, -0.2) is 0 Å². The molecule has 4 nitrogen and oxygen atoms in total. The minimum absolute atomic E-state index is 0.249. The molecule has 0 unspecified atom stereocenters. The molecule has 1 aromatic heterocycles. The molecular formula is C24H25ClN2O2S. The Morgan fingerprint density at radius 1 is 1.00 bits per heavy atom. The quantitative estimate of drug-likeness (QED) is 0.491. The Balaban J connectivity index is 1.15. The number of rotatable bonds is 4. The van der Waals surface area contributed by atoms with Crippen molar-refractivity contribution in [1.29, 1.82) is 0 Å². The Kier molecular flexibility index (Phi) is 5.42. The summed E-state index contributed by atoms with van der Waals surface area (Å²) in [6.45, 7) is 0. The van der Waals surface area contributed by atoms with Crippen LogP contribution in [0.15, 0.2) is 46.9 Å². The fourth-order valence-electron chi connectivity index (χ4n) is 5.87. The van der Waals surface area contributed by atoms with Crippen molar-refractivity contribution in [3.05, 3.63) is 53.3 Å². The van der Waals surface area contributed by atoms with Crippen LogP contribution in [-0.4, -0.2) is 17.1 Å². The van der Waals surface area contributed by atoms with Gasteiger partial charge in [0.2, 0.25) is 5.91 Å². The zero-order valence-corrected chi connectivity index (χ0v) is 18.2. The molecule has 4 bridgehead atoms. The second kappa shape index (κ2) is 8.20. The molecule has 0 radical (unpaired) electrons. The van der Waals surface area contributed by atoms with Crippen molar-refractivity contribution >= 4 is 40.9 Å². The van der Waals surface area contributed by atoms with Gasteiger partial charge < -0.3 is 9.73 Å². The molecule has 0 spiro atoms. The molecule has 1 heterocycles. The number of hydrogen-bond donors (Lipinski definition) is 2. The Morgan fingerprint density at radius 3 is 2.33 bits per heavy atom. The Morgan fingerprint density at radius 2 is 1.67 bits per heavy atom. The summed E-state index contributed by atoms with van der Waals surface area (Å²) in [5.74, 6) is 4.34. The second-order valence-corrected chi connectivity index (χ2v) is 9.81. The van der Waals surface area contributed by atoms with Crippen molar-refractivity contribution < 1.29 is 9.21 Å². The van der Waals surface area contributed by atoms with E-state index < -0.39 is 0 Å². The fourth-order valence-corrected chi connectivity index (χ4v) is 6.23. The third kappa shape index (κ3) is 4.19. The molecular weight excluding hydrogens is 416 g/mol. The number of hydrogen-bond acceptors (Lipinski definition) is 3. The van der Waals surface area contributed by atoms with Crippen molar-refractivity contribution in [1.82, 2.24) is 10.6 Å². The van der Waals surface area contributed by atoms with Gasteiger partial charge in [0.15, 0.2) is 5.11 Å². The molecule has 1 aromatic carbocycles. The zero-order chi connectivity index (χ0) is 20.7. The van der Waals surface area contributed by atoms with Crippen molar-refractivity contribution in [2.45, 2.75) is 38.1 Å². The van der Waals surface area contributed by atoms with Gasteiger partial charge in [-0.05, 0) is 110 Å². The van der Waals surface area contributed by atoms with Gasteiger partial charge >= 0.3 is 0 Å². The van der Waals surface area contributed by atoms with Crippen LogP contribution in [0, 0.1) is 23.7 Å². The summed E-state index contributed by atoms with van der Waals surface area (Å²) in [5.41, 5.74) is 0.935. The summed E-state index contributed by atoms with van der Waals surface area (Å²) in [5, 5.41) is 7.36. The lowest BCUT2D eigenvalue weighted by Crippen LogP contribution is -2.57. The van der Waals surface area contributed by atoms with Crippen LogP contribution in [0.5, 0.6) is 0 Å². The summed E-state index contributed by atoms with van der Waals surface area (Å²) in [6, 6.07) is 11.6. The molecule has 0 atom stereocenters. The lowest BCUT2D eigenvalue weighted by atomic mass is 9.54. The summed E-state index contributed by atoms with van der Waals surface area (Å²) in [4.78, 5) is 12.3. The van der Waals surface area contributed by atoms with Gasteiger partial charge in [-0.15, -0.1) is 0 Å². The van der Waals surface area contributed by atoms with E-state index in [9.17, 15) is 4.79 Å². The first kappa shape index (κ1) is 19.8. The highest BCUT2D eigenvalue weighted by atomic mass is 35.5. The monoisotopic (exact) mass is 440 g/mol. The molecule has 4 aliphatic carbocycles. The zero-order valence-electron chi connectivity index (χ0n) is 16.6. The fraction of sp³-hybridized carbons (Fsp3) is 0.417. The van der Waals surface area contributed by atoms with Crippen molar-refractivity contribution in [2.24, 2.45) is 23.7 Å². The van der Waals surface area contributed by atoms with Crippen LogP contribution < -0.4 is 10.6 Å². The lowest BCUT2D eigenvalue weighted by molar-refractivity contribution is -0.115. The number of amides is 1. The maximum absolute atomic E-state index is 12.3. The van der Waals surface area contributed by atoms with E-state index in [2.05, 4.69) is 10.6 Å². The van der Waals surface area contributed by atoms with E-state index in [0.717, 1.165) is 23.2 Å². The van der Waals surface area contributed by atoms with Gasteiger partial charge in [0.1, 0.15) is 11.5 Å². The van der Waals surface area contributed by atoms with Crippen molar-refractivity contribution in [2.75, 3.05) is 0 Å². The smallest absolute Gasteiger partial charge is 0.250 e. The number of thiocarbonyl (C=S) groups is 1. The Labute approximate surface area is 187 Å². The summed E-state index contributed by atoms with van der Waals surface area (Å²) in [6.07, 6.45) is 9.80. The number of nitrogens with one attached hydrogen (secondary N) is 2. The SMILES string of the molecule is O=C(C=Cc1ccc(-c2ccc(Cl)cc2)o1)NC(=S)NC1C2CC3CC(C2)CC1C3. The topological polar surface area (TPSA) is 54.3 Å². The molecule has 2 aromatic rings. The minimum atomic E-state index is -0.249. The third-order valence-corrected chi connectivity index (χ3v) is 7.39. The van der Waals surface area contributed by atoms with Crippen LogP contribution in [0.2, 0.25) is 5.02 Å². The summed E-state index contributed by atoms with van der Waals surface area (Å²) >= 11 is 11.4. The standard InChI is InChI=1S/C24H25ClN2O2S/c25-19-3-1-16(2-4-19)21-7-5-20(29-21)6-8-22(28)26-24(30)27-23-17-10-14-9-15(12-17)13-18(23)11-14/h1-8,14-15,17-18,23H,9-13H2,(H2,26,27,28,30). The van der Waals surface area contributed by atoms with E-state index in [-0.39, 0.29) is 5.91 Å². The highest BCUT2D eigenvalue weighted by Crippen LogP contribution is 2.53. The predicted octanol–water partition coefficient (Wildman–Crippen LogP) is 5.43. The van der Waals surface area contributed by atoms with Crippen LogP contribution in [-0.2, 0) is 4.79 Å². The van der Waals surface area contributed by atoms with Crippen LogP contribution >= 0.6 is 23.8 Å². The van der Waals surface area contributed by atoms with Gasteiger partial charge in [-0.3, -0.25) is 10.1 Å². The molecule has 0 saturated heterocycles. The largest absolute Gasteiger partial charge is 0.457 e. The number of halogens is 1. The van der Waals surface area contributed by atoms with Crippen LogP contribution in [0.1, 0.15) is 37.9 Å². The maximum atomic E-state index is 12.3. The van der Waals surface area contributed by atoms with Crippen LogP contribution in [0.4, 0.5) is 0 Å². The first-order chi connectivity index (χ1) is 14.5. The molecule has 6 heteroatoms. The van der Waals surface area contributed by atoms with E-state index in [1.807, 2.05) is 36.4 Å². The molecule has 6 rings (SSSR count). The number of carbonyl (C=O) groups excluding carboxylic acids is 1. The highest BCUT2D eigenvalue weighted by molar-refractivity contribution is 7.80. The Bertz CT molecular complexity index is 953. The van der Waals surface area contributed by atoms with Crippen LogP contribution in [0.3, 0.4) is 0 Å². The molecule has 0 aliphatic heterocycles. The molecule has 4 aliphatic rings. The summed E-state index contributed by atoms with van der Waals surface area (Å²) < 4.78 is 5.79. The first-order valence-corrected chi connectivity index (χ1v) is 11.5. The van der Waals surface area contributed by atoms with E-state index in [4.69, 9.17) is 28.2 Å². The van der Waals surface area contributed by atoms with E-state index in [1.54, 1.807) is 6.08 Å². The van der Waals surface area contributed by atoms with Crippen molar-refractivity contribution in [3.8, 4) is 11.3 Å². The molecule has 156 valence electrons. The number of furan rings is 1. The normalized spacial score (nSPS) is 29.3. The van der Waals surface area contributed by atoms with Gasteiger partial charge in [0.25, 0.3) is 0 Å². The molecule has 2 N–H and O–H groups in total. The predicted molar refractivity (Wildman–Crippen MR) is 123 cm³/mol. The highest BCUT2D eigenvalue weighted by Gasteiger charge is 2.48. The van der Waals surface area contributed by atoms with Gasteiger partial charge in [-0.1, -0.05) is 11.6 Å². The van der Waals surface area contributed by atoms with Gasteiger partial charge in [-0.2, -0.15) is 0 Å². The third-order valence-electron chi connectivity index (χ3n) is 6.92. The number of carbonyl (C=O) groups is 1. The van der Waals surface area contributed by atoms with Crippen molar-refractivity contribution in [3.63, 3.8) is 0 Å². The summed E-state index contributed by atoms with van der Waals surface area (Å²) in [7, 11) is 0. The molecule has 4 fully saturated rings. The average Bonchev–Trinajstić information content (AvgIpc) is 3.18. The maximum Gasteiger partial charge on any atom is 0.250 e. The molecule has 30 heavy (non-hydrogen) atoms. The average molecular weight is 441 g/mol. The van der Waals surface area contributed by atoms with E-state index in [1.165, 1.54) is 38.2 Å². The molecule has 4 saturated carbocycles.